The smallest absolute Gasteiger partial charge is 0.252 e. The van der Waals surface area contributed by atoms with Crippen LogP contribution in [0, 0.1) is 6.92 Å². The third-order valence-corrected chi connectivity index (χ3v) is 6.82. The van der Waals surface area contributed by atoms with Crippen molar-refractivity contribution in [3.05, 3.63) is 107 Å². The molecular formula is C29H21N5O. The SMILES string of the molecule is Cc1ccc2nc(-c3cccc4c3-c3ccccc3C4NC(=O)c3ccnc4[nH]ccc34)[nH]c2c1. The number of aromatic nitrogens is 4. The lowest BCUT2D eigenvalue weighted by Crippen LogP contribution is -2.28. The molecule has 1 atom stereocenters. The highest BCUT2D eigenvalue weighted by Gasteiger charge is 2.32. The van der Waals surface area contributed by atoms with Crippen LogP contribution in [-0.4, -0.2) is 25.8 Å². The van der Waals surface area contributed by atoms with Crippen molar-refractivity contribution >= 4 is 28.0 Å². The van der Waals surface area contributed by atoms with E-state index in [1.165, 1.54) is 5.56 Å². The van der Waals surface area contributed by atoms with E-state index in [2.05, 4.69) is 63.6 Å². The van der Waals surface area contributed by atoms with Gasteiger partial charge in [-0.25, -0.2) is 9.97 Å². The van der Waals surface area contributed by atoms with Gasteiger partial charge in [0.2, 0.25) is 0 Å². The Balaban J connectivity index is 1.36. The van der Waals surface area contributed by atoms with Crippen molar-refractivity contribution in [3.8, 4) is 22.5 Å². The highest BCUT2D eigenvalue weighted by Crippen LogP contribution is 2.47. The van der Waals surface area contributed by atoms with E-state index in [4.69, 9.17) is 4.98 Å². The van der Waals surface area contributed by atoms with Gasteiger partial charge < -0.3 is 15.3 Å². The number of carbonyl (C=O) groups is 1. The van der Waals surface area contributed by atoms with Crippen molar-refractivity contribution in [2.45, 2.75) is 13.0 Å². The topological polar surface area (TPSA) is 86.5 Å². The van der Waals surface area contributed by atoms with Crippen LogP contribution in [0.25, 0.3) is 44.6 Å². The van der Waals surface area contributed by atoms with Gasteiger partial charge in [-0.1, -0.05) is 48.5 Å². The van der Waals surface area contributed by atoms with Gasteiger partial charge in [0.15, 0.2) is 0 Å². The van der Waals surface area contributed by atoms with Crippen LogP contribution in [0.3, 0.4) is 0 Å². The van der Waals surface area contributed by atoms with E-state index in [-0.39, 0.29) is 11.9 Å². The van der Waals surface area contributed by atoms with Crippen molar-refractivity contribution in [3.63, 3.8) is 0 Å². The second-order valence-corrected chi connectivity index (χ2v) is 8.97. The molecule has 3 aromatic carbocycles. The van der Waals surface area contributed by atoms with Gasteiger partial charge in [-0.3, -0.25) is 4.79 Å². The van der Waals surface area contributed by atoms with Crippen LogP contribution in [0.5, 0.6) is 0 Å². The lowest BCUT2D eigenvalue weighted by Gasteiger charge is -2.16. The quantitative estimate of drug-likeness (QED) is 0.310. The van der Waals surface area contributed by atoms with Gasteiger partial charge in [-0.2, -0.15) is 0 Å². The Hall–Kier alpha value is -4.71. The van der Waals surface area contributed by atoms with Gasteiger partial charge in [0, 0.05) is 23.3 Å². The van der Waals surface area contributed by atoms with Gasteiger partial charge in [-0.15, -0.1) is 0 Å². The van der Waals surface area contributed by atoms with Gasteiger partial charge in [0.25, 0.3) is 5.91 Å². The van der Waals surface area contributed by atoms with Crippen molar-refractivity contribution in [2.75, 3.05) is 0 Å². The number of carbonyl (C=O) groups excluding carboxylic acids is 1. The summed E-state index contributed by atoms with van der Waals surface area (Å²) in [4.78, 5) is 29.2. The number of nitrogens with zero attached hydrogens (tertiary/aromatic N) is 2. The van der Waals surface area contributed by atoms with E-state index >= 15 is 0 Å². The third kappa shape index (κ3) is 3.00. The summed E-state index contributed by atoms with van der Waals surface area (Å²) in [7, 11) is 0. The number of fused-ring (bicyclic) bond motifs is 5. The highest BCUT2D eigenvalue weighted by atomic mass is 16.1. The molecule has 7 rings (SSSR count). The largest absolute Gasteiger partial charge is 0.346 e. The summed E-state index contributed by atoms with van der Waals surface area (Å²) in [6, 6.07) is 24.1. The summed E-state index contributed by atoms with van der Waals surface area (Å²) < 4.78 is 0. The molecular weight excluding hydrogens is 434 g/mol. The summed E-state index contributed by atoms with van der Waals surface area (Å²) in [6.45, 7) is 2.08. The molecule has 0 spiro atoms. The lowest BCUT2D eigenvalue weighted by molar-refractivity contribution is 0.0945. The molecule has 0 saturated carbocycles. The molecule has 35 heavy (non-hydrogen) atoms. The maximum Gasteiger partial charge on any atom is 0.252 e. The molecule has 1 unspecified atom stereocenters. The van der Waals surface area contributed by atoms with Crippen LogP contribution >= 0.6 is 0 Å². The summed E-state index contributed by atoms with van der Waals surface area (Å²) in [5, 5.41) is 4.10. The van der Waals surface area contributed by atoms with Gasteiger partial charge in [0.05, 0.1) is 22.6 Å². The summed E-state index contributed by atoms with van der Waals surface area (Å²) in [5.41, 5.74) is 9.83. The molecule has 0 radical (unpaired) electrons. The van der Waals surface area contributed by atoms with E-state index in [0.29, 0.717) is 11.2 Å². The molecule has 3 heterocycles. The molecule has 0 fully saturated rings. The van der Waals surface area contributed by atoms with E-state index < -0.39 is 0 Å². The molecule has 3 N–H and O–H groups in total. The number of aryl methyl sites for hydroxylation is 1. The Morgan fingerprint density at radius 1 is 0.943 bits per heavy atom. The number of H-pyrrole nitrogens is 2. The first kappa shape index (κ1) is 19.7. The summed E-state index contributed by atoms with van der Waals surface area (Å²) in [6.07, 6.45) is 3.46. The van der Waals surface area contributed by atoms with Crippen LogP contribution in [-0.2, 0) is 0 Å². The average molecular weight is 456 g/mol. The van der Waals surface area contributed by atoms with Gasteiger partial charge in [0.1, 0.15) is 11.5 Å². The van der Waals surface area contributed by atoms with Crippen LogP contribution < -0.4 is 5.32 Å². The van der Waals surface area contributed by atoms with E-state index in [1.54, 1.807) is 18.5 Å². The minimum Gasteiger partial charge on any atom is -0.346 e. The molecule has 0 aliphatic heterocycles. The van der Waals surface area contributed by atoms with Crippen molar-refractivity contribution in [1.29, 1.82) is 0 Å². The van der Waals surface area contributed by atoms with Crippen molar-refractivity contribution in [2.24, 2.45) is 0 Å². The summed E-state index contributed by atoms with van der Waals surface area (Å²) >= 11 is 0. The number of nitrogens with one attached hydrogen (secondary N) is 3. The minimum atomic E-state index is -0.262. The molecule has 168 valence electrons. The van der Waals surface area contributed by atoms with Gasteiger partial charge >= 0.3 is 0 Å². The average Bonchev–Trinajstić information content (AvgIpc) is 3.60. The number of hydrogen-bond acceptors (Lipinski definition) is 3. The second kappa shape index (κ2) is 7.40. The summed E-state index contributed by atoms with van der Waals surface area (Å²) in [5.74, 6) is 0.696. The van der Waals surface area contributed by atoms with Crippen LogP contribution in [0.1, 0.15) is 33.1 Å². The zero-order valence-electron chi connectivity index (χ0n) is 19.0. The first-order valence-electron chi connectivity index (χ1n) is 11.6. The van der Waals surface area contributed by atoms with Crippen molar-refractivity contribution in [1.82, 2.24) is 25.3 Å². The Morgan fingerprint density at radius 2 is 1.80 bits per heavy atom. The number of imidazole rings is 1. The molecule has 6 nitrogen and oxygen atoms in total. The first-order valence-corrected chi connectivity index (χ1v) is 11.6. The Labute approximate surface area is 201 Å². The molecule has 0 saturated heterocycles. The number of aromatic amines is 2. The monoisotopic (exact) mass is 455 g/mol. The second-order valence-electron chi connectivity index (χ2n) is 8.97. The number of rotatable bonds is 3. The Morgan fingerprint density at radius 3 is 2.74 bits per heavy atom. The third-order valence-electron chi connectivity index (χ3n) is 6.82. The molecule has 0 bridgehead atoms. The molecule has 1 aliphatic carbocycles. The highest BCUT2D eigenvalue weighted by molar-refractivity contribution is 6.06. The zero-order valence-corrected chi connectivity index (χ0v) is 19.0. The zero-order chi connectivity index (χ0) is 23.5. The fourth-order valence-corrected chi connectivity index (χ4v) is 5.23. The molecule has 3 aromatic heterocycles. The van der Waals surface area contributed by atoms with Crippen molar-refractivity contribution < 1.29 is 4.79 Å². The standard InChI is InChI=1S/C29H21N5O/c1-16-9-10-23-24(15-16)33-28(32-23)22-8-4-7-21-25(22)17-5-2-3-6-18(17)26(21)34-29(35)20-12-14-31-27-19(20)11-13-30-27/h2-15,26H,1H3,(H,30,31)(H,32,33)(H,34,35). The van der Waals surface area contributed by atoms with Gasteiger partial charge in [-0.05, 0) is 59.0 Å². The molecule has 1 amide bonds. The van der Waals surface area contributed by atoms with Crippen LogP contribution in [0.2, 0.25) is 0 Å². The number of hydrogen-bond donors (Lipinski definition) is 3. The van der Waals surface area contributed by atoms with Crippen LogP contribution in [0.15, 0.2) is 85.2 Å². The number of pyridine rings is 1. The number of benzene rings is 3. The fraction of sp³-hybridized carbons (Fsp3) is 0.0690. The Kier molecular flexibility index (Phi) is 4.17. The Bertz CT molecular complexity index is 1780. The lowest BCUT2D eigenvalue weighted by atomic mass is 9.98. The predicted octanol–water partition coefficient (Wildman–Crippen LogP) is 5.91. The maximum absolute atomic E-state index is 13.5. The predicted molar refractivity (Wildman–Crippen MR) is 137 cm³/mol. The molecule has 6 aromatic rings. The fourth-order valence-electron chi connectivity index (χ4n) is 5.23. The van der Waals surface area contributed by atoms with E-state index in [9.17, 15) is 4.79 Å². The number of amides is 1. The van der Waals surface area contributed by atoms with Crippen LogP contribution in [0.4, 0.5) is 0 Å². The normalized spacial score (nSPS) is 14.3. The molecule has 6 heteroatoms. The minimum absolute atomic E-state index is 0.130. The molecule has 1 aliphatic rings. The van der Waals surface area contributed by atoms with E-state index in [0.717, 1.165) is 50.1 Å². The first-order chi connectivity index (χ1) is 17.2. The maximum atomic E-state index is 13.5. The van der Waals surface area contributed by atoms with E-state index in [1.807, 2.05) is 30.3 Å².